The van der Waals surface area contributed by atoms with Gasteiger partial charge in [0.05, 0.1) is 9.82 Å². The summed E-state index contributed by atoms with van der Waals surface area (Å²) in [6.45, 7) is 4.93. The van der Waals surface area contributed by atoms with Gasteiger partial charge in [-0.15, -0.1) is 0 Å². The van der Waals surface area contributed by atoms with Crippen molar-refractivity contribution in [3.8, 4) is 0 Å². The van der Waals surface area contributed by atoms with E-state index in [0.717, 1.165) is 0 Å². The minimum absolute atomic E-state index is 0.0794. The fourth-order valence-corrected chi connectivity index (χ4v) is 3.61. The number of rotatable bonds is 6. The van der Waals surface area contributed by atoms with E-state index in [-0.39, 0.29) is 27.8 Å². The van der Waals surface area contributed by atoms with E-state index in [1.54, 1.807) is 13.8 Å². The second-order valence-electron chi connectivity index (χ2n) is 5.96. The molecule has 0 fully saturated rings. The summed E-state index contributed by atoms with van der Waals surface area (Å²) in [7, 11) is -3.62. The average Bonchev–Trinajstić information content (AvgIpc) is 2.54. The smallest absolute Gasteiger partial charge is 0.273 e. The topological polar surface area (TPSA) is 118 Å². The van der Waals surface area contributed by atoms with E-state index in [1.807, 2.05) is 0 Å². The zero-order valence-electron chi connectivity index (χ0n) is 14.5. The van der Waals surface area contributed by atoms with Crippen LogP contribution in [0.25, 0.3) is 0 Å². The number of nitro benzene ring substituents is 1. The highest BCUT2D eigenvalue weighted by atomic mass is 32.2. The lowest BCUT2D eigenvalue weighted by atomic mass is 10.1. The van der Waals surface area contributed by atoms with Crippen LogP contribution in [0.2, 0.25) is 0 Å². The molecule has 0 unspecified atom stereocenters. The predicted octanol–water partition coefficient (Wildman–Crippen LogP) is 2.84. The van der Waals surface area contributed by atoms with Gasteiger partial charge in [-0.2, -0.15) is 0 Å². The standard InChI is InChI=1S/C17H19N3O5S/c1-11(2)19-26(24,25)14-9-7-13(8-10-14)18-17(21)15-5-4-6-16(12(15)3)20(22)23/h4-11,19H,1-3H3,(H,18,21). The molecule has 0 saturated heterocycles. The van der Waals surface area contributed by atoms with Gasteiger partial charge in [0.2, 0.25) is 10.0 Å². The van der Waals surface area contributed by atoms with E-state index in [0.29, 0.717) is 5.69 Å². The quantitative estimate of drug-likeness (QED) is 0.593. The number of carbonyl (C=O) groups excluding carboxylic acids is 1. The highest BCUT2D eigenvalue weighted by Gasteiger charge is 2.19. The molecule has 0 heterocycles. The molecular formula is C17H19N3O5S. The lowest BCUT2D eigenvalue weighted by Crippen LogP contribution is -2.30. The molecule has 0 radical (unpaired) electrons. The number of nitrogens with zero attached hydrogens (tertiary/aromatic N) is 1. The summed E-state index contributed by atoms with van der Waals surface area (Å²) >= 11 is 0. The van der Waals surface area contributed by atoms with Gasteiger partial charge in [0.25, 0.3) is 11.6 Å². The van der Waals surface area contributed by atoms with Crippen LogP contribution in [0.5, 0.6) is 0 Å². The molecule has 8 nitrogen and oxygen atoms in total. The molecule has 2 rings (SSSR count). The van der Waals surface area contributed by atoms with Crippen LogP contribution in [0.4, 0.5) is 11.4 Å². The maximum atomic E-state index is 12.4. The number of sulfonamides is 1. The van der Waals surface area contributed by atoms with Crippen molar-refractivity contribution in [2.24, 2.45) is 0 Å². The van der Waals surface area contributed by atoms with Crippen LogP contribution >= 0.6 is 0 Å². The summed E-state index contributed by atoms with van der Waals surface area (Å²) in [4.78, 5) is 22.9. The van der Waals surface area contributed by atoms with Crippen LogP contribution in [-0.4, -0.2) is 25.3 Å². The largest absolute Gasteiger partial charge is 0.322 e. The molecule has 1 amide bonds. The van der Waals surface area contributed by atoms with Gasteiger partial charge in [-0.05, 0) is 51.1 Å². The van der Waals surface area contributed by atoms with Crippen molar-refractivity contribution in [1.82, 2.24) is 4.72 Å². The van der Waals surface area contributed by atoms with Gasteiger partial charge >= 0.3 is 0 Å². The Morgan fingerprint density at radius 3 is 2.27 bits per heavy atom. The van der Waals surface area contributed by atoms with Gasteiger partial charge in [-0.1, -0.05) is 6.07 Å². The van der Waals surface area contributed by atoms with E-state index in [2.05, 4.69) is 10.0 Å². The van der Waals surface area contributed by atoms with Crippen molar-refractivity contribution >= 4 is 27.3 Å². The second-order valence-corrected chi connectivity index (χ2v) is 7.68. The van der Waals surface area contributed by atoms with Gasteiger partial charge in [0, 0.05) is 28.9 Å². The third-order valence-corrected chi connectivity index (χ3v) is 5.23. The summed E-state index contributed by atoms with van der Waals surface area (Å²) in [6.07, 6.45) is 0. The fraction of sp³-hybridized carbons (Fsp3) is 0.235. The molecule has 2 N–H and O–H groups in total. The third-order valence-electron chi connectivity index (χ3n) is 3.56. The normalized spacial score (nSPS) is 11.4. The van der Waals surface area contributed by atoms with Crippen LogP contribution in [-0.2, 0) is 10.0 Å². The van der Waals surface area contributed by atoms with E-state index >= 15 is 0 Å². The molecule has 0 aliphatic carbocycles. The fourth-order valence-electron chi connectivity index (χ4n) is 2.36. The Kier molecular flexibility index (Phi) is 5.73. The Morgan fingerprint density at radius 2 is 1.73 bits per heavy atom. The molecule has 0 atom stereocenters. The molecule has 2 aromatic carbocycles. The number of nitro groups is 1. The van der Waals surface area contributed by atoms with Crippen molar-refractivity contribution < 1.29 is 18.1 Å². The van der Waals surface area contributed by atoms with Crippen molar-refractivity contribution in [2.75, 3.05) is 5.32 Å². The third kappa shape index (κ3) is 4.44. The maximum absolute atomic E-state index is 12.4. The Bertz CT molecular complexity index is 937. The molecule has 0 bridgehead atoms. The molecule has 0 aromatic heterocycles. The second kappa shape index (κ2) is 7.63. The molecule has 26 heavy (non-hydrogen) atoms. The van der Waals surface area contributed by atoms with Gasteiger partial charge in [0.15, 0.2) is 0 Å². The van der Waals surface area contributed by atoms with E-state index < -0.39 is 20.9 Å². The molecule has 0 aliphatic rings. The van der Waals surface area contributed by atoms with Crippen molar-refractivity contribution in [2.45, 2.75) is 31.7 Å². The summed E-state index contributed by atoms with van der Waals surface area (Å²) < 4.78 is 26.6. The minimum Gasteiger partial charge on any atom is -0.322 e. The van der Waals surface area contributed by atoms with Gasteiger partial charge < -0.3 is 5.32 Å². The first kappa shape index (κ1) is 19.5. The molecule has 2 aromatic rings. The van der Waals surface area contributed by atoms with Crippen LogP contribution in [0.15, 0.2) is 47.4 Å². The summed E-state index contributed by atoms with van der Waals surface area (Å²) in [6, 6.07) is 9.68. The maximum Gasteiger partial charge on any atom is 0.273 e. The number of hydrogen-bond acceptors (Lipinski definition) is 5. The van der Waals surface area contributed by atoms with Crippen molar-refractivity contribution in [3.05, 3.63) is 63.7 Å². The predicted molar refractivity (Wildman–Crippen MR) is 97.7 cm³/mol. The number of anilines is 1. The monoisotopic (exact) mass is 377 g/mol. The molecule has 0 aliphatic heterocycles. The Morgan fingerprint density at radius 1 is 1.12 bits per heavy atom. The molecule has 138 valence electrons. The lowest BCUT2D eigenvalue weighted by Gasteiger charge is -2.11. The average molecular weight is 377 g/mol. The van der Waals surface area contributed by atoms with Gasteiger partial charge in [0.1, 0.15) is 0 Å². The highest BCUT2D eigenvalue weighted by Crippen LogP contribution is 2.22. The highest BCUT2D eigenvalue weighted by molar-refractivity contribution is 7.89. The minimum atomic E-state index is -3.62. The molecular weight excluding hydrogens is 358 g/mol. The summed E-state index contributed by atoms with van der Waals surface area (Å²) in [5, 5.41) is 13.6. The number of benzene rings is 2. The van der Waals surface area contributed by atoms with Crippen LogP contribution in [0.3, 0.4) is 0 Å². The van der Waals surface area contributed by atoms with Crippen LogP contribution < -0.4 is 10.0 Å². The SMILES string of the molecule is Cc1c(C(=O)Nc2ccc(S(=O)(=O)NC(C)C)cc2)cccc1[N+](=O)[O-]. The molecule has 9 heteroatoms. The zero-order chi connectivity index (χ0) is 19.5. The van der Waals surface area contributed by atoms with Crippen molar-refractivity contribution in [3.63, 3.8) is 0 Å². The molecule has 0 spiro atoms. The number of nitrogens with one attached hydrogen (secondary N) is 2. The van der Waals surface area contributed by atoms with E-state index in [9.17, 15) is 23.3 Å². The zero-order valence-corrected chi connectivity index (χ0v) is 15.3. The number of hydrogen-bond donors (Lipinski definition) is 2. The lowest BCUT2D eigenvalue weighted by molar-refractivity contribution is -0.385. The summed E-state index contributed by atoms with van der Waals surface area (Å²) in [5.41, 5.74) is 0.677. The number of amides is 1. The van der Waals surface area contributed by atoms with E-state index in [4.69, 9.17) is 0 Å². The van der Waals surface area contributed by atoms with E-state index in [1.165, 1.54) is 49.4 Å². The summed E-state index contributed by atoms with van der Waals surface area (Å²) in [5.74, 6) is -0.512. The van der Waals surface area contributed by atoms with Crippen LogP contribution in [0, 0.1) is 17.0 Å². The van der Waals surface area contributed by atoms with Gasteiger partial charge in [-0.25, -0.2) is 13.1 Å². The number of carbonyl (C=O) groups is 1. The van der Waals surface area contributed by atoms with Gasteiger partial charge in [-0.3, -0.25) is 14.9 Å². The first-order valence-corrected chi connectivity index (χ1v) is 9.28. The van der Waals surface area contributed by atoms with Crippen molar-refractivity contribution in [1.29, 1.82) is 0 Å². The first-order chi connectivity index (χ1) is 12.1. The molecule has 0 saturated carbocycles. The Labute approximate surface area is 151 Å². The Hall–Kier alpha value is -2.78. The van der Waals surface area contributed by atoms with Crippen LogP contribution in [0.1, 0.15) is 29.8 Å². The first-order valence-electron chi connectivity index (χ1n) is 7.79. The Balaban J connectivity index is 2.21.